The van der Waals surface area contributed by atoms with Gasteiger partial charge in [-0.2, -0.15) is 0 Å². The van der Waals surface area contributed by atoms with Crippen LogP contribution >= 0.6 is 11.6 Å². The lowest BCUT2D eigenvalue weighted by atomic mass is 9.95. The molecule has 5 nitrogen and oxygen atoms in total. The van der Waals surface area contributed by atoms with Gasteiger partial charge < -0.3 is 16.0 Å². The quantitative estimate of drug-likeness (QED) is 0.848. The van der Waals surface area contributed by atoms with E-state index in [4.69, 9.17) is 17.3 Å². The van der Waals surface area contributed by atoms with Crippen LogP contribution in [-0.2, 0) is 16.0 Å². The zero-order valence-corrected chi connectivity index (χ0v) is 15.4. The third-order valence-electron chi connectivity index (χ3n) is 4.76. The van der Waals surface area contributed by atoms with Crippen molar-refractivity contribution in [1.82, 2.24) is 5.32 Å². The Hall–Kier alpha value is -2.53. The van der Waals surface area contributed by atoms with Gasteiger partial charge in [-0.1, -0.05) is 48.0 Å². The van der Waals surface area contributed by atoms with Gasteiger partial charge >= 0.3 is 0 Å². The number of hydrogen-bond donors (Lipinski definition) is 2. The lowest BCUT2D eigenvalue weighted by Crippen LogP contribution is -2.51. The Morgan fingerprint density at radius 3 is 2.65 bits per heavy atom. The molecule has 1 heterocycles. The number of nitrogens with one attached hydrogen (secondary N) is 1. The summed E-state index contributed by atoms with van der Waals surface area (Å²) >= 11 is 6.20. The summed E-state index contributed by atoms with van der Waals surface area (Å²) in [6, 6.07) is 14.5. The van der Waals surface area contributed by atoms with Gasteiger partial charge in [0, 0.05) is 10.7 Å². The molecule has 0 aromatic heterocycles. The molecule has 0 unspecified atom stereocenters. The molecule has 2 atom stereocenters. The largest absolute Gasteiger partial charge is 0.368 e. The minimum Gasteiger partial charge on any atom is -0.368 e. The molecule has 0 bridgehead atoms. The Morgan fingerprint density at radius 2 is 1.92 bits per heavy atom. The SMILES string of the molecule is C[C@@H](NC(=O)CN1c2ccccc2CC[C@@H]1C(N)=O)c1ccccc1Cl. The minimum absolute atomic E-state index is 0.0689. The number of aryl methyl sites for hydroxylation is 1. The van der Waals surface area contributed by atoms with E-state index in [9.17, 15) is 9.59 Å². The second kappa shape index (κ2) is 7.79. The van der Waals surface area contributed by atoms with Crippen LogP contribution in [0.4, 0.5) is 5.69 Å². The van der Waals surface area contributed by atoms with Crippen LogP contribution in [0.2, 0.25) is 5.02 Å². The maximum atomic E-state index is 12.6. The molecule has 3 rings (SSSR count). The van der Waals surface area contributed by atoms with Crippen LogP contribution in [0.3, 0.4) is 0 Å². The van der Waals surface area contributed by atoms with Crippen LogP contribution in [0.5, 0.6) is 0 Å². The van der Waals surface area contributed by atoms with E-state index in [-0.39, 0.29) is 18.5 Å². The van der Waals surface area contributed by atoms with E-state index in [1.165, 1.54) is 0 Å². The van der Waals surface area contributed by atoms with Crippen molar-refractivity contribution in [3.05, 3.63) is 64.7 Å². The number of fused-ring (bicyclic) bond motifs is 1. The highest BCUT2D eigenvalue weighted by molar-refractivity contribution is 6.31. The molecule has 2 aromatic rings. The maximum absolute atomic E-state index is 12.6. The van der Waals surface area contributed by atoms with E-state index in [0.717, 1.165) is 23.2 Å². The van der Waals surface area contributed by atoms with E-state index >= 15 is 0 Å². The summed E-state index contributed by atoms with van der Waals surface area (Å²) in [5, 5.41) is 3.57. The van der Waals surface area contributed by atoms with E-state index in [0.29, 0.717) is 11.4 Å². The Kier molecular flexibility index (Phi) is 5.47. The lowest BCUT2D eigenvalue weighted by Gasteiger charge is -2.36. The molecule has 0 aliphatic carbocycles. The number of nitrogens with two attached hydrogens (primary N) is 1. The third-order valence-corrected chi connectivity index (χ3v) is 5.10. The monoisotopic (exact) mass is 371 g/mol. The average Bonchev–Trinajstić information content (AvgIpc) is 2.62. The molecular formula is C20H22ClN3O2. The smallest absolute Gasteiger partial charge is 0.240 e. The van der Waals surface area contributed by atoms with Crippen LogP contribution < -0.4 is 16.0 Å². The van der Waals surface area contributed by atoms with Gasteiger partial charge in [-0.05, 0) is 43.0 Å². The fraction of sp³-hybridized carbons (Fsp3) is 0.300. The van der Waals surface area contributed by atoms with Crippen molar-refractivity contribution in [1.29, 1.82) is 0 Å². The number of amides is 2. The van der Waals surface area contributed by atoms with Gasteiger partial charge in [0.25, 0.3) is 0 Å². The number of benzene rings is 2. The molecule has 2 amide bonds. The van der Waals surface area contributed by atoms with Crippen molar-refractivity contribution in [2.24, 2.45) is 5.73 Å². The summed E-state index contributed by atoms with van der Waals surface area (Å²) < 4.78 is 0. The highest BCUT2D eigenvalue weighted by Gasteiger charge is 2.31. The number of nitrogens with zero attached hydrogens (tertiary/aromatic N) is 1. The van der Waals surface area contributed by atoms with Gasteiger partial charge in [0.05, 0.1) is 12.6 Å². The van der Waals surface area contributed by atoms with Crippen LogP contribution in [0.1, 0.15) is 30.5 Å². The fourth-order valence-electron chi connectivity index (χ4n) is 3.46. The minimum atomic E-state index is -0.480. The molecule has 1 aliphatic rings. The molecule has 0 saturated carbocycles. The number of carbonyl (C=O) groups is 2. The standard InChI is InChI=1S/C20H22ClN3O2/c1-13(15-7-3-4-8-16(15)21)23-19(25)12-24-17-9-5-2-6-14(17)10-11-18(24)20(22)26/h2-9,13,18H,10-12H2,1H3,(H2,22,26)(H,23,25)/t13-,18-/m1/s1. The van der Waals surface area contributed by atoms with Gasteiger partial charge in [-0.25, -0.2) is 0 Å². The summed E-state index contributed by atoms with van der Waals surface area (Å²) in [4.78, 5) is 26.3. The Labute approximate surface area is 158 Å². The number of carbonyl (C=O) groups excluding carboxylic acids is 2. The zero-order valence-electron chi connectivity index (χ0n) is 14.6. The van der Waals surface area contributed by atoms with Crippen molar-refractivity contribution >= 4 is 29.1 Å². The van der Waals surface area contributed by atoms with Crippen LogP contribution in [-0.4, -0.2) is 24.4 Å². The highest BCUT2D eigenvalue weighted by Crippen LogP contribution is 2.30. The summed E-state index contributed by atoms with van der Waals surface area (Å²) in [5.41, 5.74) is 8.44. The normalized spacial score (nSPS) is 17.3. The maximum Gasteiger partial charge on any atom is 0.240 e. The molecule has 2 aromatic carbocycles. The van der Waals surface area contributed by atoms with E-state index < -0.39 is 11.9 Å². The van der Waals surface area contributed by atoms with Crippen molar-refractivity contribution in [3.63, 3.8) is 0 Å². The Morgan fingerprint density at radius 1 is 1.23 bits per heavy atom. The van der Waals surface area contributed by atoms with E-state index in [1.54, 1.807) is 11.0 Å². The third kappa shape index (κ3) is 3.83. The van der Waals surface area contributed by atoms with Crippen LogP contribution in [0.15, 0.2) is 48.5 Å². The lowest BCUT2D eigenvalue weighted by molar-refractivity contribution is -0.121. The number of rotatable bonds is 5. The zero-order chi connectivity index (χ0) is 18.7. The van der Waals surface area contributed by atoms with Gasteiger partial charge in [0.2, 0.25) is 11.8 Å². The molecule has 0 radical (unpaired) electrons. The number of halogens is 1. The molecule has 1 aliphatic heterocycles. The first kappa shape index (κ1) is 18.3. The Balaban J connectivity index is 1.76. The Bertz CT molecular complexity index is 824. The molecule has 0 saturated heterocycles. The van der Waals surface area contributed by atoms with Crippen LogP contribution in [0.25, 0.3) is 0 Å². The van der Waals surface area contributed by atoms with E-state index in [1.807, 2.05) is 49.4 Å². The first-order valence-electron chi connectivity index (χ1n) is 8.65. The molecule has 3 N–H and O–H groups in total. The van der Waals surface area contributed by atoms with Crippen molar-refractivity contribution < 1.29 is 9.59 Å². The van der Waals surface area contributed by atoms with Gasteiger partial charge in [-0.15, -0.1) is 0 Å². The van der Waals surface area contributed by atoms with Gasteiger partial charge in [-0.3, -0.25) is 9.59 Å². The molecule has 6 heteroatoms. The number of primary amides is 1. The molecule has 136 valence electrons. The fourth-order valence-corrected chi connectivity index (χ4v) is 3.75. The van der Waals surface area contributed by atoms with E-state index in [2.05, 4.69) is 5.32 Å². The second-order valence-corrected chi connectivity index (χ2v) is 6.93. The van der Waals surface area contributed by atoms with Crippen molar-refractivity contribution in [2.75, 3.05) is 11.4 Å². The number of para-hydroxylation sites is 1. The first-order chi connectivity index (χ1) is 12.5. The van der Waals surface area contributed by atoms with Crippen molar-refractivity contribution in [3.8, 4) is 0 Å². The second-order valence-electron chi connectivity index (χ2n) is 6.52. The first-order valence-corrected chi connectivity index (χ1v) is 9.03. The highest BCUT2D eigenvalue weighted by atomic mass is 35.5. The molecular weight excluding hydrogens is 350 g/mol. The van der Waals surface area contributed by atoms with Crippen LogP contribution in [0, 0.1) is 0 Å². The van der Waals surface area contributed by atoms with Gasteiger partial charge in [0.1, 0.15) is 6.04 Å². The summed E-state index contributed by atoms with van der Waals surface area (Å²) in [7, 11) is 0. The molecule has 0 spiro atoms. The van der Waals surface area contributed by atoms with Crippen molar-refractivity contribution in [2.45, 2.75) is 31.8 Å². The predicted octanol–water partition coefficient (Wildman–Crippen LogP) is 2.82. The topological polar surface area (TPSA) is 75.4 Å². The average molecular weight is 372 g/mol. The molecule has 0 fully saturated rings. The number of hydrogen-bond acceptors (Lipinski definition) is 3. The summed E-state index contributed by atoms with van der Waals surface area (Å²) in [5.74, 6) is -0.591. The molecule has 26 heavy (non-hydrogen) atoms. The summed E-state index contributed by atoms with van der Waals surface area (Å²) in [6.07, 6.45) is 1.39. The number of anilines is 1. The predicted molar refractivity (Wildman–Crippen MR) is 103 cm³/mol. The summed E-state index contributed by atoms with van der Waals surface area (Å²) in [6.45, 7) is 1.95. The van der Waals surface area contributed by atoms with Gasteiger partial charge in [0.15, 0.2) is 0 Å².